The van der Waals surface area contributed by atoms with Gasteiger partial charge < -0.3 is 15.1 Å². The van der Waals surface area contributed by atoms with Gasteiger partial charge >= 0.3 is 6.03 Å². The molecule has 2 atom stereocenters. The highest BCUT2D eigenvalue weighted by molar-refractivity contribution is 5.93. The summed E-state index contributed by atoms with van der Waals surface area (Å²) in [5.74, 6) is -0.250. The second-order valence-electron chi connectivity index (χ2n) is 9.99. The summed E-state index contributed by atoms with van der Waals surface area (Å²) in [5.41, 5.74) is 2.85. The molecule has 2 aromatic carbocycles. The maximum absolute atomic E-state index is 13.8. The molecule has 4 rings (SSSR count). The number of rotatable bonds is 7. The van der Waals surface area contributed by atoms with Crippen molar-refractivity contribution in [1.82, 2.24) is 20.1 Å². The van der Waals surface area contributed by atoms with Crippen LogP contribution in [0.5, 0.6) is 0 Å². The van der Waals surface area contributed by atoms with Gasteiger partial charge in [0.05, 0.1) is 12.2 Å². The summed E-state index contributed by atoms with van der Waals surface area (Å²) >= 11 is 0. The largest absolute Gasteiger partial charge is 0.338 e. The van der Waals surface area contributed by atoms with Gasteiger partial charge in [-0.25, -0.2) is 9.80 Å². The van der Waals surface area contributed by atoms with Gasteiger partial charge in [0.1, 0.15) is 18.8 Å². The van der Waals surface area contributed by atoms with Crippen LogP contribution in [-0.2, 0) is 16.1 Å². The molecular weight excluding hydrogens is 454 g/mol. The normalized spacial score (nSPS) is 20.1. The van der Waals surface area contributed by atoms with Crippen LogP contribution < -0.4 is 10.3 Å². The van der Waals surface area contributed by atoms with Crippen molar-refractivity contribution in [2.45, 2.75) is 59.3 Å². The summed E-state index contributed by atoms with van der Waals surface area (Å²) < 4.78 is 0. The fourth-order valence-corrected chi connectivity index (χ4v) is 5.02. The SMILES string of the molecule is CCCCN1C[C@H]2N(C(=O)CN(c3ccc(C)cc3)N2C(=O)NCc2ccccc2)[C@@H](C(C)C)C1=O. The highest BCUT2D eigenvalue weighted by Gasteiger charge is 2.52. The Morgan fingerprint density at radius 1 is 1.06 bits per heavy atom. The average molecular weight is 492 g/mol. The van der Waals surface area contributed by atoms with E-state index in [1.807, 2.05) is 80.3 Å². The predicted octanol–water partition coefficient (Wildman–Crippen LogP) is 3.76. The van der Waals surface area contributed by atoms with E-state index in [9.17, 15) is 14.4 Å². The van der Waals surface area contributed by atoms with Crippen molar-refractivity contribution >= 4 is 23.5 Å². The number of aryl methyl sites for hydroxylation is 1. The molecular formula is C28H37N5O3. The number of carbonyl (C=O) groups is 3. The fraction of sp³-hybridized carbons (Fsp3) is 0.464. The Morgan fingerprint density at radius 2 is 1.75 bits per heavy atom. The number of amides is 4. The van der Waals surface area contributed by atoms with Crippen LogP contribution in [0.3, 0.4) is 0 Å². The second-order valence-corrected chi connectivity index (χ2v) is 9.99. The number of unbranched alkanes of at least 4 members (excludes halogenated alkanes) is 1. The molecule has 2 heterocycles. The van der Waals surface area contributed by atoms with Crippen LogP contribution >= 0.6 is 0 Å². The Morgan fingerprint density at radius 3 is 2.39 bits per heavy atom. The van der Waals surface area contributed by atoms with E-state index < -0.39 is 12.2 Å². The maximum atomic E-state index is 13.8. The summed E-state index contributed by atoms with van der Waals surface area (Å²) in [6.07, 6.45) is 1.24. The van der Waals surface area contributed by atoms with Crippen LogP contribution in [0.15, 0.2) is 54.6 Å². The van der Waals surface area contributed by atoms with Crippen LogP contribution in [0.25, 0.3) is 0 Å². The van der Waals surface area contributed by atoms with Gasteiger partial charge in [0.2, 0.25) is 11.8 Å². The van der Waals surface area contributed by atoms with Crippen molar-refractivity contribution in [3.8, 4) is 0 Å². The molecule has 2 fully saturated rings. The van der Waals surface area contributed by atoms with E-state index in [-0.39, 0.29) is 36.9 Å². The first kappa shape index (κ1) is 25.5. The van der Waals surface area contributed by atoms with Crippen molar-refractivity contribution in [2.75, 3.05) is 24.6 Å². The molecule has 0 saturated carbocycles. The lowest BCUT2D eigenvalue weighted by Gasteiger charge is -2.56. The number of anilines is 1. The van der Waals surface area contributed by atoms with Crippen LogP contribution in [0.2, 0.25) is 0 Å². The molecule has 2 aliphatic rings. The second kappa shape index (κ2) is 11.0. The zero-order valence-electron chi connectivity index (χ0n) is 21.7. The molecule has 4 amide bonds. The van der Waals surface area contributed by atoms with Crippen molar-refractivity contribution in [1.29, 1.82) is 0 Å². The molecule has 0 radical (unpaired) electrons. The maximum Gasteiger partial charge on any atom is 0.338 e. The van der Waals surface area contributed by atoms with Gasteiger partial charge in [-0.2, -0.15) is 0 Å². The molecule has 1 N–H and O–H groups in total. The lowest BCUT2D eigenvalue weighted by molar-refractivity contribution is -0.169. The predicted molar refractivity (Wildman–Crippen MR) is 140 cm³/mol. The number of benzene rings is 2. The Labute approximate surface area is 213 Å². The summed E-state index contributed by atoms with van der Waals surface area (Å²) in [5, 5.41) is 6.45. The number of fused-ring (bicyclic) bond motifs is 1. The van der Waals surface area contributed by atoms with Crippen molar-refractivity contribution in [3.63, 3.8) is 0 Å². The molecule has 8 nitrogen and oxygen atoms in total. The van der Waals surface area contributed by atoms with Gasteiger partial charge in [-0.05, 0) is 37.0 Å². The number of hydrazine groups is 1. The molecule has 0 unspecified atom stereocenters. The number of nitrogens with zero attached hydrogens (tertiary/aromatic N) is 4. The first-order valence-corrected chi connectivity index (χ1v) is 12.9. The van der Waals surface area contributed by atoms with Crippen LogP contribution in [-0.4, -0.2) is 64.5 Å². The summed E-state index contributed by atoms with van der Waals surface area (Å²) in [6.45, 7) is 9.27. The highest BCUT2D eigenvalue weighted by atomic mass is 16.2. The van der Waals surface area contributed by atoms with E-state index in [0.717, 1.165) is 29.7 Å². The number of hydrogen-bond donors (Lipinski definition) is 1. The molecule has 8 heteroatoms. The lowest BCUT2D eigenvalue weighted by Crippen LogP contribution is -2.77. The van der Waals surface area contributed by atoms with E-state index in [4.69, 9.17) is 0 Å². The zero-order valence-corrected chi connectivity index (χ0v) is 21.7. The van der Waals surface area contributed by atoms with Gasteiger partial charge in [0.15, 0.2) is 0 Å². The number of carbonyl (C=O) groups excluding carboxylic acids is 3. The number of urea groups is 1. The van der Waals surface area contributed by atoms with Gasteiger partial charge in [-0.15, -0.1) is 0 Å². The third kappa shape index (κ3) is 5.17. The molecule has 36 heavy (non-hydrogen) atoms. The van der Waals surface area contributed by atoms with Gasteiger partial charge in [0.25, 0.3) is 0 Å². The number of nitrogens with one attached hydrogen (secondary N) is 1. The van der Waals surface area contributed by atoms with Gasteiger partial charge in [-0.3, -0.25) is 14.6 Å². The van der Waals surface area contributed by atoms with Gasteiger partial charge in [0, 0.05) is 13.1 Å². The Balaban J connectivity index is 1.71. The fourth-order valence-electron chi connectivity index (χ4n) is 5.02. The minimum atomic E-state index is -0.599. The molecule has 2 aliphatic heterocycles. The average Bonchev–Trinajstić information content (AvgIpc) is 2.87. The summed E-state index contributed by atoms with van der Waals surface area (Å²) in [7, 11) is 0. The van der Waals surface area contributed by atoms with E-state index in [0.29, 0.717) is 13.1 Å². The van der Waals surface area contributed by atoms with E-state index in [1.165, 1.54) is 0 Å². The summed E-state index contributed by atoms with van der Waals surface area (Å²) in [6, 6.07) is 16.6. The molecule has 0 aromatic heterocycles. The topological polar surface area (TPSA) is 76.2 Å². The third-order valence-corrected chi connectivity index (χ3v) is 6.92. The quantitative estimate of drug-likeness (QED) is 0.640. The molecule has 0 aliphatic carbocycles. The van der Waals surface area contributed by atoms with Gasteiger partial charge in [-0.1, -0.05) is 75.2 Å². The monoisotopic (exact) mass is 491 g/mol. The standard InChI is InChI=1S/C28H37N5O3/c1-5-6-16-30-18-24-32(26(20(2)3)27(30)35)25(34)19-31(23-14-12-21(4)13-15-23)33(24)28(36)29-17-22-10-8-7-9-11-22/h7-15,20,24,26H,5-6,16-19H2,1-4H3,(H,29,36)/t24-,26-/m0/s1. The molecule has 0 spiro atoms. The van der Waals surface area contributed by atoms with Crippen molar-refractivity contribution in [3.05, 3.63) is 65.7 Å². The Bertz CT molecular complexity index is 1070. The van der Waals surface area contributed by atoms with Crippen LogP contribution in [0.1, 0.15) is 44.7 Å². The lowest BCUT2D eigenvalue weighted by atomic mass is 9.96. The number of piperazine rings is 1. The van der Waals surface area contributed by atoms with Crippen molar-refractivity contribution < 1.29 is 14.4 Å². The van der Waals surface area contributed by atoms with E-state index in [2.05, 4.69) is 12.2 Å². The Hall–Kier alpha value is -3.55. The first-order valence-electron chi connectivity index (χ1n) is 12.9. The van der Waals surface area contributed by atoms with E-state index >= 15 is 0 Å². The molecule has 0 bridgehead atoms. The molecule has 192 valence electrons. The Kier molecular flexibility index (Phi) is 7.82. The third-order valence-electron chi connectivity index (χ3n) is 6.92. The summed E-state index contributed by atoms with van der Waals surface area (Å²) in [4.78, 5) is 44.3. The molecule has 2 aromatic rings. The zero-order chi connectivity index (χ0) is 25.8. The van der Waals surface area contributed by atoms with Crippen LogP contribution in [0.4, 0.5) is 10.5 Å². The number of hydrogen-bond acceptors (Lipinski definition) is 4. The minimum absolute atomic E-state index is 0.0101. The van der Waals surface area contributed by atoms with E-state index in [1.54, 1.807) is 14.9 Å². The smallest absolute Gasteiger partial charge is 0.337 e. The highest BCUT2D eigenvalue weighted by Crippen LogP contribution is 2.32. The first-order chi connectivity index (χ1) is 17.3. The van der Waals surface area contributed by atoms with Crippen molar-refractivity contribution in [2.24, 2.45) is 5.92 Å². The van der Waals surface area contributed by atoms with Crippen LogP contribution in [0, 0.1) is 12.8 Å². The minimum Gasteiger partial charge on any atom is -0.337 e. The molecule has 2 saturated heterocycles.